The highest BCUT2D eigenvalue weighted by molar-refractivity contribution is 5.84. The molecule has 0 spiro atoms. The second-order valence-corrected chi connectivity index (χ2v) is 3.91. The van der Waals surface area contributed by atoms with Crippen molar-refractivity contribution in [2.45, 2.75) is 6.61 Å². The molecule has 0 aliphatic carbocycles. The van der Waals surface area contributed by atoms with Crippen LogP contribution in [0.2, 0.25) is 0 Å². The molecule has 0 heterocycles. The van der Waals surface area contributed by atoms with Gasteiger partial charge >= 0.3 is 6.09 Å². The van der Waals surface area contributed by atoms with E-state index < -0.39 is 6.09 Å². The number of anilines is 1. The molecule has 3 nitrogen and oxygen atoms in total. The fourth-order valence-corrected chi connectivity index (χ4v) is 1.56. The Hall–Kier alpha value is -2.73. The smallest absolute Gasteiger partial charge is 0.411 e. The van der Waals surface area contributed by atoms with E-state index in [1.807, 2.05) is 30.3 Å². The van der Waals surface area contributed by atoms with Crippen LogP contribution in [0, 0.1) is 12.3 Å². The summed E-state index contributed by atoms with van der Waals surface area (Å²) in [5, 5.41) is 2.63. The Morgan fingerprint density at radius 2 is 1.95 bits per heavy atom. The molecule has 0 saturated heterocycles. The van der Waals surface area contributed by atoms with Crippen molar-refractivity contribution in [2.75, 3.05) is 5.32 Å². The minimum atomic E-state index is -0.502. The Morgan fingerprint density at radius 1 is 1.16 bits per heavy atom. The molecule has 0 aliphatic rings. The molecule has 2 aromatic carbocycles. The molecule has 0 atom stereocenters. The molecule has 94 valence electrons. The number of benzene rings is 2. The van der Waals surface area contributed by atoms with Crippen LogP contribution in [0.5, 0.6) is 0 Å². The summed E-state index contributed by atoms with van der Waals surface area (Å²) in [6.45, 7) is 0.238. The number of hydrogen-bond acceptors (Lipinski definition) is 2. The van der Waals surface area contributed by atoms with Gasteiger partial charge in [-0.25, -0.2) is 4.79 Å². The third kappa shape index (κ3) is 3.90. The van der Waals surface area contributed by atoms with Crippen molar-refractivity contribution in [3.05, 3.63) is 65.7 Å². The van der Waals surface area contributed by atoms with Crippen molar-refractivity contribution in [3.8, 4) is 12.3 Å². The summed E-state index contributed by atoms with van der Waals surface area (Å²) in [4.78, 5) is 11.6. The molecule has 1 N–H and O–H groups in total. The zero-order valence-electron chi connectivity index (χ0n) is 10.3. The third-order valence-electron chi connectivity index (χ3n) is 2.49. The number of nitrogens with one attached hydrogen (secondary N) is 1. The number of terminal acetylenes is 1. The van der Waals surface area contributed by atoms with Gasteiger partial charge in [-0.15, -0.1) is 6.42 Å². The summed E-state index contributed by atoms with van der Waals surface area (Å²) in [5.74, 6) is 2.51. The van der Waals surface area contributed by atoms with E-state index >= 15 is 0 Å². The maximum atomic E-state index is 11.6. The molecule has 0 aliphatic heterocycles. The molecule has 2 rings (SSSR count). The first-order valence-electron chi connectivity index (χ1n) is 5.82. The molecule has 3 heteroatoms. The van der Waals surface area contributed by atoms with Crippen LogP contribution < -0.4 is 5.32 Å². The molecule has 0 saturated carbocycles. The highest BCUT2D eigenvalue weighted by Crippen LogP contribution is 2.10. The topological polar surface area (TPSA) is 38.3 Å². The summed E-state index contributed by atoms with van der Waals surface area (Å²) in [6.07, 6.45) is 4.79. The first-order valence-corrected chi connectivity index (χ1v) is 5.82. The molecule has 0 bridgehead atoms. The predicted octanol–water partition coefficient (Wildman–Crippen LogP) is 3.42. The lowest BCUT2D eigenvalue weighted by atomic mass is 10.2. The monoisotopic (exact) mass is 251 g/mol. The van der Waals surface area contributed by atoms with Crippen molar-refractivity contribution in [1.29, 1.82) is 0 Å². The van der Waals surface area contributed by atoms with Gasteiger partial charge in [0, 0.05) is 11.3 Å². The molecule has 0 aromatic heterocycles. The molecule has 1 amide bonds. The number of ether oxygens (including phenoxy) is 1. The van der Waals surface area contributed by atoms with Crippen LogP contribution >= 0.6 is 0 Å². The van der Waals surface area contributed by atoms with Gasteiger partial charge in [-0.05, 0) is 23.8 Å². The van der Waals surface area contributed by atoms with Crippen LogP contribution in [-0.4, -0.2) is 6.09 Å². The van der Waals surface area contributed by atoms with Gasteiger partial charge in [0.2, 0.25) is 0 Å². The van der Waals surface area contributed by atoms with E-state index in [9.17, 15) is 4.79 Å². The van der Waals surface area contributed by atoms with Gasteiger partial charge < -0.3 is 4.74 Å². The average molecular weight is 251 g/mol. The number of hydrogen-bond donors (Lipinski definition) is 1. The Kier molecular flexibility index (Phi) is 4.20. The predicted molar refractivity (Wildman–Crippen MR) is 74.6 cm³/mol. The van der Waals surface area contributed by atoms with Gasteiger partial charge in [0.1, 0.15) is 6.61 Å². The van der Waals surface area contributed by atoms with Crippen LogP contribution in [0.3, 0.4) is 0 Å². The van der Waals surface area contributed by atoms with Gasteiger partial charge in [-0.2, -0.15) is 0 Å². The molecule has 0 radical (unpaired) electrons. The van der Waals surface area contributed by atoms with Crippen molar-refractivity contribution in [2.24, 2.45) is 0 Å². The lowest BCUT2D eigenvalue weighted by molar-refractivity contribution is 0.155. The third-order valence-corrected chi connectivity index (χ3v) is 2.49. The second-order valence-electron chi connectivity index (χ2n) is 3.91. The maximum absolute atomic E-state index is 11.6. The first-order chi connectivity index (χ1) is 9.28. The number of carbonyl (C=O) groups is 1. The van der Waals surface area contributed by atoms with E-state index in [0.29, 0.717) is 11.3 Å². The van der Waals surface area contributed by atoms with E-state index in [4.69, 9.17) is 11.2 Å². The van der Waals surface area contributed by atoms with Gasteiger partial charge in [0.15, 0.2) is 0 Å². The van der Waals surface area contributed by atoms with Crippen molar-refractivity contribution in [1.82, 2.24) is 0 Å². The molecule has 19 heavy (non-hydrogen) atoms. The van der Waals surface area contributed by atoms with Crippen LogP contribution in [-0.2, 0) is 11.3 Å². The van der Waals surface area contributed by atoms with E-state index in [1.54, 1.807) is 24.3 Å². The lowest BCUT2D eigenvalue weighted by Crippen LogP contribution is -2.13. The second kappa shape index (κ2) is 6.27. The van der Waals surface area contributed by atoms with Gasteiger partial charge in [-0.1, -0.05) is 42.3 Å². The van der Waals surface area contributed by atoms with Crippen LogP contribution in [0.25, 0.3) is 0 Å². The minimum Gasteiger partial charge on any atom is -0.444 e. The standard InChI is InChI=1S/C16H13NO2/c1-2-13-9-6-10-15(11-13)17-16(18)19-12-14-7-4-3-5-8-14/h1,3-11H,12H2,(H,17,18). The van der Waals surface area contributed by atoms with E-state index in [2.05, 4.69) is 11.2 Å². The fourth-order valence-electron chi connectivity index (χ4n) is 1.56. The largest absolute Gasteiger partial charge is 0.444 e. The van der Waals surface area contributed by atoms with Gasteiger partial charge in [0.25, 0.3) is 0 Å². The zero-order valence-corrected chi connectivity index (χ0v) is 10.3. The SMILES string of the molecule is C#Cc1cccc(NC(=O)OCc2ccccc2)c1. The minimum absolute atomic E-state index is 0.238. The summed E-state index contributed by atoms with van der Waals surface area (Å²) in [5.41, 5.74) is 2.27. The number of carbonyl (C=O) groups excluding carboxylic acids is 1. The van der Waals surface area contributed by atoms with Crippen LogP contribution in [0.1, 0.15) is 11.1 Å². The number of amides is 1. The van der Waals surface area contributed by atoms with Gasteiger partial charge in [0.05, 0.1) is 0 Å². The quantitative estimate of drug-likeness (QED) is 0.849. The average Bonchev–Trinajstić information content (AvgIpc) is 2.46. The van der Waals surface area contributed by atoms with Crippen molar-refractivity contribution >= 4 is 11.8 Å². The van der Waals surface area contributed by atoms with Crippen molar-refractivity contribution < 1.29 is 9.53 Å². The lowest BCUT2D eigenvalue weighted by Gasteiger charge is -2.07. The Balaban J connectivity index is 1.89. The van der Waals surface area contributed by atoms with Crippen molar-refractivity contribution in [3.63, 3.8) is 0 Å². The first kappa shape index (κ1) is 12.7. The Morgan fingerprint density at radius 3 is 2.68 bits per heavy atom. The molecular formula is C16H13NO2. The molecule has 0 unspecified atom stereocenters. The molecule has 2 aromatic rings. The summed E-state index contributed by atoms with van der Waals surface area (Å²) in [7, 11) is 0. The van der Waals surface area contributed by atoms with Crippen LogP contribution in [0.15, 0.2) is 54.6 Å². The summed E-state index contributed by atoms with van der Waals surface area (Å²) in [6, 6.07) is 16.5. The fraction of sp³-hybridized carbons (Fsp3) is 0.0625. The normalized spacial score (nSPS) is 9.42. The molecular weight excluding hydrogens is 238 g/mol. The Labute approximate surface area is 112 Å². The summed E-state index contributed by atoms with van der Waals surface area (Å²) < 4.78 is 5.10. The highest BCUT2D eigenvalue weighted by atomic mass is 16.5. The highest BCUT2D eigenvalue weighted by Gasteiger charge is 2.03. The van der Waals surface area contributed by atoms with Gasteiger partial charge in [-0.3, -0.25) is 5.32 Å². The van der Waals surface area contributed by atoms with E-state index in [1.165, 1.54) is 0 Å². The number of rotatable bonds is 3. The Bertz CT molecular complexity index is 600. The molecule has 0 fully saturated rings. The summed E-state index contributed by atoms with van der Waals surface area (Å²) >= 11 is 0. The zero-order chi connectivity index (χ0) is 13.5. The maximum Gasteiger partial charge on any atom is 0.411 e. The van der Waals surface area contributed by atoms with E-state index in [0.717, 1.165) is 5.56 Å². The van der Waals surface area contributed by atoms with E-state index in [-0.39, 0.29) is 6.61 Å². The van der Waals surface area contributed by atoms with Crippen LogP contribution in [0.4, 0.5) is 10.5 Å².